The van der Waals surface area contributed by atoms with Crippen LogP contribution in [0.1, 0.15) is 44.6 Å². The fraction of sp³-hybridized carbons (Fsp3) is 0.762. The highest BCUT2D eigenvalue weighted by Crippen LogP contribution is 2.33. The summed E-state index contributed by atoms with van der Waals surface area (Å²) < 4.78 is 32.9. The molecule has 2 N–H and O–H groups in total. The van der Waals surface area contributed by atoms with Crippen LogP contribution in [0, 0.1) is 17.2 Å². The summed E-state index contributed by atoms with van der Waals surface area (Å²) in [7, 11) is -1.24. The van der Waals surface area contributed by atoms with Crippen LogP contribution in [0.3, 0.4) is 0 Å². The summed E-state index contributed by atoms with van der Waals surface area (Å²) in [4.78, 5) is 10.7. The van der Waals surface area contributed by atoms with E-state index in [1.54, 1.807) is 11.2 Å². The SMILES string of the molecule is CN1CC(CS(=O)(=O)N2CCC(Nc3ncc(C#N)c(OC4CCCC4(C)O)n3)CC2)C1. The third kappa shape index (κ3) is 5.14. The number of rotatable bonds is 7. The van der Waals surface area contributed by atoms with Crippen molar-refractivity contribution in [1.82, 2.24) is 19.2 Å². The molecule has 1 saturated carbocycles. The van der Waals surface area contributed by atoms with Gasteiger partial charge >= 0.3 is 0 Å². The smallest absolute Gasteiger partial charge is 0.236 e. The minimum absolute atomic E-state index is 0.0339. The second-order valence-electron chi connectivity index (χ2n) is 9.56. The Balaban J connectivity index is 1.34. The lowest BCUT2D eigenvalue weighted by Crippen LogP contribution is -2.50. The normalized spacial score (nSPS) is 28.2. The lowest BCUT2D eigenvalue weighted by molar-refractivity contribution is -0.0271. The molecule has 1 aromatic heterocycles. The van der Waals surface area contributed by atoms with E-state index in [0.717, 1.165) is 19.5 Å². The zero-order valence-corrected chi connectivity index (χ0v) is 19.5. The van der Waals surface area contributed by atoms with Gasteiger partial charge in [-0.05, 0) is 52.0 Å². The van der Waals surface area contributed by atoms with Crippen LogP contribution in [0.4, 0.5) is 5.95 Å². The van der Waals surface area contributed by atoms with Gasteiger partial charge in [0.15, 0.2) is 0 Å². The molecule has 2 atom stereocenters. The number of aromatic nitrogens is 2. The lowest BCUT2D eigenvalue weighted by atomic mass is 10.0. The first-order valence-corrected chi connectivity index (χ1v) is 12.9. The molecule has 176 valence electrons. The summed E-state index contributed by atoms with van der Waals surface area (Å²) in [5.41, 5.74) is -0.723. The largest absolute Gasteiger partial charge is 0.470 e. The van der Waals surface area contributed by atoms with Crippen molar-refractivity contribution in [2.24, 2.45) is 5.92 Å². The molecular formula is C21H32N6O4S. The molecule has 0 radical (unpaired) electrons. The van der Waals surface area contributed by atoms with Gasteiger partial charge < -0.3 is 20.1 Å². The summed E-state index contributed by atoms with van der Waals surface area (Å²) in [5.74, 6) is 0.963. The Morgan fingerprint density at radius 1 is 1.34 bits per heavy atom. The molecule has 2 saturated heterocycles. The van der Waals surface area contributed by atoms with E-state index in [9.17, 15) is 18.8 Å². The van der Waals surface area contributed by atoms with E-state index in [2.05, 4.69) is 20.2 Å². The van der Waals surface area contributed by atoms with Gasteiger partial charge in [0.1, 0.15) is 17.7 Å². The highest BCUT2D eigenvalue weighted by Gasteiger charge is 2.39. The molecule has 0 amide bonds. The van der Waals surface area contributed by atoms with Crippen molar-refractivity contribution in [3.05, 3.63) is 11.8 Å². The van der Waals surface area contributed by atoms with Gasteiger partial charge in [0.25, 0.3) is 0 Å². The molecule has 3 heterocycles. The minimum Gasteiger partial charge on any atom is -0.470 e. The van der Waals surface area contributed by atoms with Gasteiger partial charge in [-0.2, -0.15) is 10.2 Å². The molecule has 1 aliphatic carbocycles. The maximum absolute atomic E-state index is 12.7. The van der Waals surface area contributed by atoms with Crippen LogP contribution in [0.15, 0.2) is 6.20 Å². The van der Waals surface area contributed by atoms with Gasteiger partial charge in [-0.1, -0.05) is 0 Å². The molecule has 3 aliphatic rings. The molecule has 32 heavy (non-hydrogen) atoms. The fourth-order valence-corrected chi connectivity index (χ4v) is 6.62. The molecule has 10 nitrogen and oxygen atoms in total. The Morgan fingerprint density at radius 3 is 2.66 bits per heavy atom. The first-order chi connectivity index (χ1) is 15.2. The summed E-state index contributed by atoms with van der Waals surface area (Å²) >= 11 is 0. The van der Waals surface area contributed by atoms with Gasteiger partial charge in [0.2, 0.25) is 21.9 Å². The first-order valence-electron chi connectivity index (χ1n) is 11.3. The zero-order valence-electron chi connectivity index (χ0n) is 18.7. The van der Waals surface area contributed by atoms with E-state index in [1.807, 2.05) is 13.1 Å². The quantitative estimate of drug-likeness (QED) is 0.601. The van der Waals surface area contributed by atoms with Crippen LogP contribution < -0.4 is 10.1 Å². The molecule has 11 heteroatoms. The second-order valence-corrected chi connectivity index (χ2v) is 11.6. The molecule has 2 unspecified atom stereocenters. The van der Waals surface area contributed by atoms with Gasteiger partial charge in [0.05, 0.1) is 17.6 Å². The topological polar surface area (TPSA) is 132 Å². The van der Waals surface area contributed by atoms with Crippen LogP contribution >= 0.6 is 0 Å². The predicted octanol–water partition coefficient (Wildman–Crippen LogP) is 0.798. The number of likely N-dealkylation sites (tertiary alicyclic amines) is 1. The van der Waals surface area contributed by atoms with Crippen molar-refractivity contribution in [3.8, 4) is 11.9 Å². The molecule has 0 bridgehead atoms. The number of nitriles is 1. The fourth-order valence-electron chi connectivity index (χ4n) is 4.84. The number of nitrogens with zero attached hydrogens (tertiary/aromatic N) is 5. The van der Waals surface area contributed by atoms with E-state index >= 15 is 0 Å². The van der Waals surface area contributed by atoms with E-state index in [1.165, 1.54) is 6.20 Å². The van der Waals surface area contributed by atoms with Gasteiger partial charge in [-0.3, -0.25) is 0 Å². The number of ether oxygens (including phenoxy) is 1. The van der Waals surface area contributed by atoms with Crippen LogP contribution in [0.25, 0.3) is 0 Å². The zero-order chi connectivity index (χ0) is 22.9. The highest BCUT2D eigenvalue weighted by atomic mass is 32.2. The average Bonchev–Trinajstić information content (AvgIpc) is 3.05. The van der Waals surface area contributed by atoms with E-state index in [0.29, 0.717) is 44.7 Å². The lowest BCUT2D eigenvalue weighted by Gasteiger charge is -2.38. The predicted molar refractivity (Wildman–Crippen MR) is 119 cm³/mol. The molecule has 3 fully saturated rings. The van der Waals surface area contributed by atoms with Crippen molar-refractivity contribution in [2.45, 2.75) is 56.8 Å². The third-order valence-electron chi connectivity index (χ3n) is 6.74. The second kappa shape index (κ2) is 9.09. The van der Waals surface area contributed by atoms with Crippen molar-refractivity contribution < 1.29 is 18.3 Å². The van der Waals surface area contributed by atoms with Crippen molar-refractivity contribution in [1.29, 1.82) is 5.26 Å². The molecule has 4 rings (SSSR count). The van der Waals surface area contributed by atoms with Crippen molar-refractivity contribution >= 4 is 16.0 Å². The average molecular weight is 465 g/mol. The van der Waals surface area contributed by atoms with Gasteiger partial charge in [-0.25, -0.2) is 17.7 Å². The summed E-state index contributed by atoms with van der Waals surface area (Å²) in [6.45, 7) is 4.35. The number of nitrogens with one attached hydrogen (secondary N) is 1. The number of hydrogen-bond acceptors (Lipinski definition) is 9. The number of anilines is 1. The molecule has 1 aromatic rings. The number of hydrogen-bond donors (Lipinski definition) is 2. The Labute approximate surface area is 189 Å². The summed E-state index contributed by atoms with van der Waals surface area (Å²) in [6.07, 6.45) is 4.52. The van der Waals surface area contributed by atoms with Crippen LogP contribution in [0.2, 0.25) is 0 Å². The first kappa shape index (κ1) is 23.2. The van der Waals surface area contributed by atoms with Gasteiger partial charge in [-0.15, -0.1) is 0 Å². The standard InChI is InChI=1S/C21H32N6O4S/c1-21(28)7-3-4-18(21)31-19-16(10-22)11-23-20(25-19)24-17-5-8-27(9-6-17)32(29,30)14-15-12-26(2)13-15/h11,15,17-18,28H,3-9,12-14H2,1-2H3,(H,23,24,25). The molecule has 0 spiro atoms. The van der Waals surface area contributed by atoms with Gasteiger partial charge in [0, 0.05) is 32.2 Å². The Morgan fingerprint density at radius 2 is 2.06 bits per heavy atom. The molecular weight excluding hydrogens is 432 g/mol. The number of sulfonamides is 1. The van der Waals surface area contributed by atoms with E-state index < -0.39 is 21.7 Å². The maximum atomic E-state index is 12.7. The number of piperidine rings is 1. The van der Waals surface area contributed by atoms with E-state index in [4.69, 9.17) is 4.74 Å². The summed E-state index contributed by atoms with van der Waals surface area (Å²) in [6, 6.07) is 2.08. The van der Waals surface area contributed by atoms with Crippen LogP contribution in [-0.4, -0.2) is 89.4 Å². The highest BCUT2D eigenvalue weighted by molar-refractivity contribution is 7.89. The van der Waals surface area contributed by atoms with Crippen molar-refractivity contribution in [3.63, 3.8) is 0 Å². The third-order valence-corrected chi connectivity index (χ3v) is 8.78. The number of aliphatic hydroxyl groups is 1. The van der Waals surface area contributed by atoms with Crippen LogP contribution in [0.5, 0.6) is 5.88 Å². The molecule has 2 aliphatic heterocycles. The van der Waals surface area contributed by atoms with Crippen LogP contribution in [-0.2, 0) is 10.0 Å². The minimum atomic E-state index is -3.24. The Hall–Kier alpha value is -2.00. The Bertz CT molecular complexity index is 965. The summed E-state index contributed by atoms with van der Waals surface area (Å²) in [5, 5.41) is 23.1. The van der Waals surface area contributed by atoms with E-state index in [-0.39, 0.29) is 29.2 Å². The molecule has 0 aromatic carbocycles. The maximum Gasteiger partial charge on any atom is 0.236 e. The Kier molecular flexibility index (Phi) is 6.58. The van der Waals surface area contributed by atoms with Crippen molar-refractivity contribution in [2.75, 3.05) is 44.3 Å². The monoisotopic (exact) mass is 464 g/mol.